The van der Waals surface area contributed by atoms with Crippen molar-refractivity contribution in [2.45, 2.75) is 31.6 Å². The molecular weight excluding hydrogens is 234 g/mol. The smallest absolute Gasteiger partial charge is 0.0525 e. The first-order chi connectivity index (χ1) is 7.85. The van der Waals surface area contributed by atoms with Crippen molar-refractivity contribution < 1.29 is 0 Å². The van der Waals surface area contributed by atoms with Crippen LogP contribution in [0.5, 0.6) is 0 Å². The summed E-state index contributed by atoms with van der Waals surface area (Å²) in [6.07, 6.45) is 7.46. The van der Waals surface area contributed by atoms with Crippen molar-refractivity contribution in [3.05, 3.63) is 21.4 Å². The average molecular weight is 251 g/mol. The highest BCUT2D eigenvalue weighted by Gasteiger charge is 2.18. The molecule has 0 saturated carbocycles. The highest BCUT2D eigenvalue weighted by Crippen LogP contribution is 2.35. The van der Waals surface area contributed by atoms with E-state index >= 15 is 0 Å². The maximum atomic E-state index is 5.43. The maximum Gasteiger partial charge on any atom is 0.0525 e. The molecule has 1 atom stereocenters. The number of thioether (sulfide) groups is 1. The lowest BCUT2D eigenvalue weighted by molar-refractivity contribution is 0.574. The van der Waals surface area contributed by atoms with E-state index in [1.807, 2.05) is 23.1 Å². The molecule has 0 amide bonds. The summed E-state index contributed by atoms with van der Waals surface area (Å²) in [6.45, 7) is 3.11. The van der Waals surface area contributed by atoms with Gasteiger partial charge in [0.15, 0.2) is 0 Å². The van der Waals surface area contributed by atoms with Crippen LogP contribution in [0.2, 0.25) is 0 Å². The summed E-state index contributed by atoms with van der Waals surface area (Å²) in [6, 6.07) is 2.71. The van der Waals surface area contributed by atoms with Gasteiger partial charge >= 0.3 is 0 Å². The molecule has 1 unspecified atom stereocenters. The number of hydrogen-bond donors (Lipinski definition) is 1. The van der Waals surface area contributed by atoms with Crippen LogP contribution >= 0.6 is 23.1 Å². The third-order valence-corrected chi connectivity index (χ3v) is 5.12. The molecule has 0 radical (unpaired) electrons. The van der Waals surface area contributed by atoms with Gasteiger partial charge in [0.1, 0.15) is 0 Å². The van der Waals surface area contributed by atoms with Gasteiger partial charge in [0.2, 0.25) is 0 Å². The summed E-state index contributed by atoms with van der Waals surface area (Å²) in [5.74, 6) is 5.22. The van der Waals surface area contributed by atoms with Crippen molar-refractivity contribution in [3.8, 4) is 12.3 Å². The fourth-order valence-electron chi connectivity index (χ4n) is 1.98. The molecule has 1 aliphatic rings. The van der Waals surface area contributed by atoms with E-state index in [-0.39, 0.29) is 0 Å². The minimum absolute atomic E-state index is 0.357. The normalized spacial score (nSPS) is 16.5. The minimum atomic E-state index is 0.357. The zero-order valence-electron chi connectivity index (χ0n) is 9.58. The van der Waals surface area contributed by atoms with Crippen LogP contribution in [-0.2, 0) is 12.2 Å². The van der Waals surface area contributed by atoms with Crippen LogP contribution in [0.1, 0.15) is 34.7 Å². The molecule has 0 spiro atoms. The van der Waals surface area contributed by atoms with Gasteiger partial charge in [-0.15, -0.1) is 23.7 Å². The second-order valence-electron chi connectivity index (χ2n) is 3.92. The first-order valence-corrected chi connectivity index (χ1v) is 7.68. The first kappa shape index (κ1) is 12.0. The molecule has 1 N–H and O–H groups in total. The molecule has 1 nitrogen and oxygen atoms in total. The molecule has 0 bridgehead atoms. The van der Waals surface area contributed by atoms with Crippen LogP contribution < -0.4 is 5.32 Å². The Balaban J connectivity index is 2.17. The van der Waals surface area contributed by atoms with Crippen molar-refractivity contribution in [1.29, 1.82) is 0 Å². The van der Waals surface area contributed by atoms with Crippen LogP contribution in [0.3, 0.4) is 0 Å². The molecule has 0 aliphatic carbocycles. The van der Waals surface area contributed by atoms with Crippen molar-refractivity contribution >= 4 is 23.1 Å². The third kappa shape index (κ3) is 2.63. The minimum Gasteiger partial charge on any atom is -0.309 e. The van der Waals surface area contributed by atoms with Gasteiger partial charge < -0.3 is 5.32 Å². The number of aryl methyl sites for hydroxylation is 1. The summed E-state index contributed by atoms with van der Waals surface area (Å²) in [4.78, 5) is 3.00. The van der Waals surface area contributed by atoms with Crippen LogP contribution in [-0.4, -0.2) is 12.3 Å². The molecule has 1 aromatic heterocycles. The number of thiophene rings is 1. The molecule has 2 rings (SSSR count). The SMILES string of the molecule is C#CCC(NCC)c1cc2c(s1)CCSC2. The molecular formula is C13H17NS2. The van der Waals surface area contributed by atoms with Crippen molar-refractivity contribution in [1.82, 2.24) is 5.32 Å². The number of rotatable bonds is 4. The Kier molecular flexibility index (Phi) is 4.34. The van der Waals surface area contributed by atoms with E-state index in [2.05, 4.69) is 24.2 Å². The first-order valence-electron chi connectivity index (χ1n) is 5.71. The number of hydrogen-bond acceptors (Lipinski definition) is 3. The topological polar surface area (TPSA) is 12.0 Å². The number of fused-ring (bicyclic) bond motifs is 1. The van der Waals surface area contributed by atoms with E-state index in [1.165, 1.54) is 28.4 Å². The molecule has 2 heterocycles. The van der Waals surface area contributed by atoms with Gasteiger partial charge in [0.05, 0.1) is 6.04 Å². The maximum absolute atomic E-state index is 5.43. The van der Waals surface area contributed by atoms with Crippen molar-refractivity contribution in [2.75, 3.05) is 12.3 Å². The number of terminal acetylenes is 1. The molecule has 86 valence electrons. The summed E-state index contributed by atoms with van der Waals surface area (Å²) >= 11 is 3.99. The molecule has 3 heteroatoms. The molecule has 0 saturated heterocycles. The van der Waals surface area contributed by atoms with Gasteiger partial charge in [-0.25, -0.2) is 0 Å². The molecule has 0 fully saturated rings. The quantitative estimate of drug-likeness (QED) is 0.825. The lowest BCUT2D eigenvalue weighted by Gasteiger charge is -2.12. The monoisotopic (exact) mass is 251 g/mol. The van der Waals surface area contributed by atoms with Crippen LogP contribution in [0, 0.1) is 12.3 Å². The molecule has 0 aromatic carbocycles. The lowest BCUT2D eigenvalue weighted by atomic mass is 10.1. The van der Waals surface area contributed by atoms with Gasteiger partial charge in [0, 0.05) is 21.9 Å². The van der Waals surface area contributed by atoms with E-state index in [9.17, 15) is 0 Å². The van der Waals surface area contributed by atoms with Crippen LogP contribution in [0.15, 0.2) is 6.07 Å². The van der Waals surface area contributed by atoms with E-state index in [1.54, 1.807) is 4.88 Å². The highest BCUT2D eigenvalue weighted by atomic mass is 32.2. The largest absolute Gasteiger partial charge is 0.309 e. The Bertz CT molecular complexity index is 366. The molecule has 16 heavy (non-hydrogen) atoms. The predicted octanol–water partition coefficient (Wildman–Crippen LogP) is 3.21. The Morgan fingerprint density at radius 1 is 1.62 bits per heavy atom. The van der Waals surface area contributed by atoms with Gasteiger partial charge in [-0.3, -0.25) is 0 Å². The van der Waals surface area contributed by atoms with Gasteiger partial charge in [-0.2, -0.15) is 11.8 Å². The Morgan fingerprint density at radius 2 is 2.50 bits per heavy atom. The Hall–Kier alpha value is -0.430. The van der Waals surface area contributed by atoms with E-state index in [4.69, 9.17) is 6.42 Å². The fourth-order valence-corrected chi connectivity index (χ4v) is 4.43. The average Bonchev–Trinajstić information content (AvgIpc) is 2.72. The van der Waals surface area contributed by atoms with Crippen LogP contribution in [0.4, 0.5) is 0 Å². The second-order valence-corrected chi connectivity index (χ2v) is 6.19. The lowest BCUT2D eigenvalue weighted by Crippen LogP contribution is -2.19. The fraction of sp³-hybridized carbons (Fsp3) is 0.538. The molecule has 1 aliphatic heterocycles. The number of nitrogens with one attached hydrogen (secondary N) is 1. The van der Waals surface area contributed by atoms with Crippen molar-refractivity contribution in [2.24, 2.45) is 0 Å². The summed E-state index contributed by atoms with van der Waals surface area (Å²) in [5, 5.41) is 3.47. The molecule has 1 aromatic rings. The van der Waals surface area contributed by atoms with E-state index < -0.39 is 0 Å². The van der Waals surface area contributed by atoms with E-state index in [0.717, 1.165) is 13.0 Å². The van der Waals surface area contributed by atoms with Gasteiger partial charge in [-0.05, 0) is 30.3 Å². The zero-order valence-corrected chi connectivity index (χ0v) is 11.2. The highest BCUT2D eigenvalue weighted by molar-refractivity contribution is 7.98. The third-order valence-electron chi connectivity index (χ3n) is 2.76. The van der Waals surface area contributed by atoms with Crippen LogP contribution in [0.25, 0.3) is 0 Å². The van der Waals surface area contributed by atoms with Crippen molar-refractivity contribution in [3.63, 3.8) is 0 Å². The summed E-state index contributed by atoms with van der Waals surface area (Å²) in [7, 11) is 0. The predicted molar refractivity (Wildman–Crippen MR) is 74.1 cm³/mol. The second kappa shape index (κ2) is 5.77. The van der Waals surface area contributed by atoms with Gasteiger partial charge in [-0.1, -0.05) is 6.92 Å². The van der Waals surface area contributed by atoms with Gasteiger partial charge in [0.25, 0.3) is 0 Å². The Labute approximate surface area is 106 Å². The zero-order chi connectivity index (χ0) is 11.4. The van der Waals surface area contributed by atoms with E-state index in [0.29, 0.717) is 6.04 Å². The standard InChI is InChI=1S/C13H17NS2/c1-3-5-11(14-4-2)13-8-10-9-15-7-6-12(10)16-13/h1,8,11,14H,4-7,9H2,2H3. The summed E-state index contributed by atoms with van der Waals surface area (Å²) in [5.41, 5.74) is 1.54. The summed E-state index contributed by atoms with van der Waals surface area (Å²) < 4.78 is 0. The Morgan fingerprint density at radius 3 is 3.19 bits per heavy atom.